The van der Waals surface area contributed by atoms with E-state index in [-0.39, 0.29) is 26.6 Å². The largest absolute Gasteiger partial charge is 0.381 e. The summed E-state index contributed by atoms with van der Waals surface area (Å²) in [7, 11) is -4.09. The molecule has 0 bridgehead atoms. The van der Waals surface area contributed by atoms with E-state index in [0.29, 0.717) is 0 Å². The van der Waals surface area contributed by atoms with E-state index in [9.17, 15) is 8.42 Å². The first-order chi connectivity index (χ1) is 9.40. The standard InChI is InChI=1S/C10H7Cl2N5O2S/c11-6-1-2-14-4-8(6)20(18,19)17-10(13)7-3-15-5-9(12)16-7/h1-5H,(H2,13,17). The van der Waals surface area contributed by atoms with Crippen LogP contribution in [0.15, 0.2) is 40.1 Å². The van der Waals surface area contributed by atoms with Crippen LogP contribution in [0.4, 0.5) is 0 Å². The van der Waals surface area contributed by atoms with Gasteiger partial charge in [-0.1, -0.05) is 23.2 Å². The Hall–Kier alpha value is -1.77. The topological polar surface area (TPSA) is 111 Å². The summed E-state index contributed by atoms with van der Waals surface area (Å²) in [6.07, 6.45) is 4.96. The predicted octanol–water partition coefficient (Wildman–Crippen LogP) is 1.27. The lowest BCUT2D eigenvalue weighted by Crippen LogP contribution is -2.18. The van der Waals surface area contributed by atoms with Crippen molar-refractivity contribution < 1.29 is 8.42 Å². The third-order valence-corrected chi connectivity index (χ3v) is 4.04. The van der Waals surface area contributed by atoms with Gasteiger partial charge < -0.3 is 5.73 Å². The molecule has 0 spiro atoms. The van der Waals surface area contributed by atoms with E-state index in [1.165, 1.54) is 24.7 Å². The van der Waals surface area contributed by atoms with Gasteiger partial charge in [0, 0.05) is 12.4 Å². The average molecular weight is 332 g/mol. The quantitative estimate of drug-likeness (QED) is 0.669. The highest BCUT2D eigenvalue weighted by Gasteiger charge is 2.18. The van der Waals surface area contributed by atoms with Crippen LogP contribution in [-0.2, 0) is 10.0 Å². The molecule has 20 heavy (non-hydrogen) atoms. The number of hydrogen-bond donors (Lipinski definition) is 1. The molecule has 2 aromatic rings. The Morgan fingerprint density at radius 1 is 1.20 bits per heavy atom. The Bertz CT molecular complexity index is 779. The molecule has 0 aliphatic carbocycles. The fraction of sp³-hybridized carbons (Fsp3) is 0. The second-order valence-electron chi connectivity index (χ2n) is 3.48. The van der Waals surface area contributed by atoms with Crippen molar-refractivity contribution in [1.82, 2.24) is 15.0 Å². The van der Waals surface area contributed by atoms with Gasteiger partial charge in [0.25, 0.3) is 10.0 Å². The van der Waals surface area contributed by atoms with Crippen molar-refractivity contribution in [2.24, 2.45) is 10.1 Å². The summed E-state index contributed by atoms with van der Waals surface area (Å²) in [6.45, 7) is 0. The molecule has 2 N–H and O–H groups in total. The van der Waals surface area contributed by atoms with Crippen molar-refractivity contribution in [2.75, 3.05) is 0 Å². The third-order valence-electron chi connectivity index (χ3n) is 2.10. The SMILES string of the molecule is N/C(=N\S(=O)(=O)c1cnccc1Cl)c1cncc(Cl)n1. The van der Waals surface area contributed by atoms with Gasteiger partial charge in [0.2, 0.25) is 0 Å². The van der Waals surface area contributed by atoms with Gasteiger partial charge in [-0.2, -0.15) is 8.42 Å². The van der Waals surface area contributed by atoms with Gasteiger partial charge in [-0.3, -0.25) is 9.97 Å². The summed E-state index contributed by atoms with van der Waals surface area (Å²) in [5.41, 5.74) is 5.63. The van der Waals surface area contributed by atoms with Crippen molar-refractivity contribution in [3.8, 4) is 0 Å². The third kappa shape index (κ3) is 3.21. The number of rotatable bonds is 3. The first-order valence-electron chi connectivity index (χ1n) is 5.08. The Kier molecular flexibility index (Phi) is 4.17. The van der Waals surface area contributed by atoms with Gasteiger partial charge in [-0.25, -0.2) is 4.98 Å². The molecule has 0 unspecified atom stereocenters. The number of amidine groups is 1. The van der Waals surface area contributed by atoms with Crippen LogP contribution in [0, 0.1) is 0 Å². The van der Waals surface area contributed by atoms with Crippen molar-refractivity contribution in [2.45, 2.75) is 4.90 Å². The zero-order valence-corrected chi connectivity index (χ0v) is 12.1. The predicted molar refractivity (Wildman–Crippen MR) is 74.2 cm³/mol. The summed E-state index contributed by atoms with van der Waals surface area (Å²) < 4.78 is 27.5. The highest BCUT2D eigenvalue weighted by atomic mass is 35.5. The number of hydrogen-bond acceptors (Lipinski definition) is 5. The number of pyridine rings is 1. The summed E-state index contributed by atoms with van der Waals surface area (Å²) in [4.78, 5) is 11.0. The smallest absolute Gasteiger partial charge is 0.287 e. The molecule has 0 saturated carbocycles. The van der Waals surface area contributed by atoms with Crippen LogP contribution in [0.2, 0.25) is 10.2 Å². The van der Waals surface area contributed by atoms with Gasteiger partial charge in [0.15, 0.2) is 5.84 Å². The van der Waals surface area contributed by atoms with E-state index in [4.69, 9.17) is 28.9 Å². The van der Waals surface area contributed by atoms with Gasteiger partial charge in [-0.15, -0.1) is 4.40 Å². The van der Waals surface area contributed by atoms with E-state index in [2.05, 4.69) is 19.3 Å². The molecule has 2 rings (SSSR count). The molecule has 0 aliphatic rings. The molecule has 10 heteroatoms. The minimum Gasteiger partial charge on any atom is -0.381 e. The van der Waals surface area contributed by atoms with E-state index < -0.39 is 10.0 Å². The lowest BCUT2D eigenvalue weighted by Gasteiger charge is -2.03. The zero-order chi connectivity index (χ0) is 14.8. The highest BCUT2D eigenvalue weighted by molar-refractivity contribution is 7.90. The van der Waals surface area contributed by atoms with Crippen LogP contribution >= 0.6 is 23.2 Å². The molecule has 7 nitrogen and oxygen atoms in total. The number of nitrogens with zero attached hydrogens (tertiary/aromatic N) is 4. The molecule has 0 saturated heterocycles. The van der Waals surface area contributed by atoms with Crippen molar-refractivity contribution in [1.29, 1.82) is 0 Å². The molecular formula is C10H7Cl2N5O2S. The number of sulfonamides is 1. The first kappa shape index (κ1) is 14.6. The van der Waals surface area contributed by atoms with Crippen molar-refractivity contribution in [3.63, 3.8) is 0 Å². The Morgan fingerprint density at radius 3 is 2.60 bits per heavy atom. The monoisotopic (exact) mass is 331 g/mol. The molecule has 104 valence electrons. The van der Waals surface area contributed by atoms with Gasteiger partial charge in [0.05, 0.1) is 17.4 Å². The van der Waals surface area contributed by atoms with Crippen LogP contribution < -0.4 is 5.73 Å². The Morgan fingerprint density at radius 2 is 1.95 bits per heavy atom. The van der Waals surface area contributed by atoms with E-state index in [0.717, 1.165) is 6.20 Å². The number of nitrogens with two attached hydrogens (primary N) is 1. The number of halogens is 2. The van der Waals surface area contributed by atoms with Gasteiger partial charge in [0.1, 0.15) is 15.7 Å². The van der Waals surface area contributed by atoms with E-state index in [1.54, 1.807) is 0 Å². The normalized spacial score (nSPS) is 12.4. The van der Waals surface area contributed by atoms with Crippen LogP contribution in [0.25, 0.3) is 0 Å². The zero-order valence-electron chi connectivity index (χ0n) is 9.73. The molecule has 0 aromatic carbocycles. The molecule has 2 heterocycles. The molecule has 0 radical (unpaired) electrons. The summed E-state index contributed by atoms with van der Waals surface area (Å²) in [5, 5.41) is 0.0613. The fourth-order valence-corrected chi connectivity index (χ4v) is 2.75. The van der Waals surface area contributed by atoms with E-state index >= 15 is 0 Å². The van der Waals surface area contributed by atoms with Gasteiger partial charge in [-0.05, 0) is 6.07 Å². The lowest BCUT2D eigenvalue weighted by molar-refractivity contribution is 0.597. The fourth-order valence-electron chi connectivity index (χ4n) is 1.24. The Balaban J connectivity index is 2.46. The molecule has 0 atom stereocenters. The van der Waals surface area contributed by atoms with Crippen molar-refractivity contribution in [3.05, 3.63) is 46.7 Å². The molecule has 0 amide bonds. The summed E-state index contributed by atoms with van der Waals surface area (Å²) in [5.74, 6) is -0.347. The minimum atomic E-state index is -4.09. The van der Waals surface area contributed by atoms with Crippen LogP contribution in [0.1, 0.15) is 5.69 Å². The number of aromatic nitrogens is 3. The van der Waals surface area contributed by atoms with Crippen LogP contribution in [-0.4, -0.2) is 29.2 Å². The summed E-state index contributed by atoms with van der Waals surface area (Å²) >= 11 is 11.4. The van der Waals surface area contributed by atoms with Gasteiger partial charge >= 0.3 is 0 Å². The highest BCUT2D eigenvalue weighted by Crippen LogP contribution is 2.21. The second kappa shape index (κ2) is 5.70. The molecule has 2 aromatic heterocycles. The van der Waals surface area contributed by atoms with Crippen LogP contribution in [0.3, 0.4) is 0 Å². The maximum absolute atomic E-state index is 12.0. The molecule has 0 aliphatic heterocycles. The molecule has 0 fully saturated rings. The van der Waals surface area contributed by atoms with Crippen molar-refractivity contribution >= 4 is 39.1 Å². The average Bonchev–Trinajstić information content (AvgIpc) is 2.38. The summed E-state index contributed by atoms with van der Waals surface area (Å²) in [6, 6.07) is 1.33. The lowest BCUT2D eigenvalue weighted by atomic mass is 10.4. The van der Waals surface area contributed by atoms with Crippen LogP contribution in [0.5, 0.6) is 0 Å². The second-order valence-corrected chi connectivity index (χ2v) is 5.85. The minimum absolute atomic E-state index is 0.00581. The molecular weight excluding hydrogens is 325 g/mol. The Labute approximate surface area is 124 Å². The first-order valence-corrected chi connectivity index (χ1v) is 7.27. The maximum Gasteiger partial charge on any atom is 0.287 e. The van der Waals surface area contributed by atoms with E-state index in [1.807, 2.05) is 0 Å². The maximum atomic E-state index is 12.0.